The highest BCUT2D eigenvalue weighted by atomic mass is 19.4. The normalized spacial score (nSPS) is 16.1. The van der Waals surface area contributed by atoms with E-state index in [1.807, 2.05) is 6.92 Å². The van der Waals surface area contributed by atoms with Crippen molar-refractivity contribution in [3.8, 4) is 0 Å². The van der Waals surface area contributed by atoms with Gasteiger partial charge in [0, 0.05) is 25.6 Å². The summed E-state index contributed by atoms with van der Waals surface area (Å²) in [4.78, 5) is 21.7. The Balaban J connectivity index is 1.83. The molecule has 2 heterocycles. The number of halogens is 3. The molecule has 1 fully saturated rings. The first-order valence-electron chi connectivity index (χ1n) is 8.76. The fraction of sp³-hybridized carbons (Fsp3) is 0.500. The molecule has 0 aliphatic carbocycles. The quantitative estimate of drug-likeness (QED) is 0.901. The van der Waals surface area contributed by atoms with Gasteiger partial charge >= 0.3 is 6.18 Å². The number of carbonyl (C=O) groups excluding carboxylic acids is 1. The van der Waals surface area contributed by atoms with Crippen LogP contribution < -0.4 is 10.2 Å². The van der Waals surface area contributed by atoms with Crippen LogP contribution in [0.2, 0.25) is 0 Å². The van der Waals surface area contributed by atoms with Gasteiger partial charge in [-0.2, -0.15) is 13.2 Å². The molecule has 1 aromatic carbocycles. The van der Waals surface area contributed by atoms with Crippen LogP contribution >= 0.6 is 0 Å². The molecule has 3 rings (SSSR count). The molecule has 1 aliphatic heterocycles. The monoisotopic (exact) mass is 366 g/mol. The second-order valence-electron chi connectivity index (χ2n) is 6.43. The van der Waals surface area contributed by atoms with E-state index in [0.717, 1.165) is 6.42 Å². The first-order chi connectivity index (χ1) is 12.4. The third-order valence-electron chi connectivity index (χ3n) is 4.54. The third kappa shape index (κ3) is 3.89. The number of piperidine rings is 1. The predicted octanol–water partition coefficient (Wildman–Crippen LogP) is 3.39. The fourth-order valence-corrected chi connectivity index (χ4v) is 3.15. The van der Waals surface area contributed by atoms with Crippen LogP contribution in [-0.2, 0) is 11.0 Å². The van der Waals surface area contributed by atoms with Crippen molar-refractivity contribution in [1.29, 1.82) is 0 Å². The molecule has 0 spiro atoms. The van der Waals surface area contributed by atoms with Gasteiger partial charge in [-0.3, -0.25) is 4.79 Å². The Kier molecular flexibility index (Phi) is 5.29. The van der Waals surface area contributed by atoms with Gasteiger partial charge < -0.3 is 10.2 Å². The van der Waals surface area contributed by atoms with Gasteiger partial charge in [0.15, 0.2) is 11.5 Å². The zero-order valence-electron chi connectivity index (χ0n) is 14.5. The summed E-state index contributed by atoms with van der Waals surface area (Å²) in [7, 11) is 0. The number of nitrogens with one attached hydrogen (secondary N) is 1. The molecule has 1 aromatic heterocycles. The molecule has 0 bridgehead atoms. The summed E-state index contributed by atoms with van der Waals surface area (Å²) in [6.07, 6.45) is -2.73. The van der Waals surface area contributed by atoms with Gasteiger partial charge in [-0.1, -0.05) is 19.1 Å². The van der Waals surface area contributed by atoms with Crippen LogP contribution in [0.15, 0.2) is 24.3 Å². The summed E-state index contributed by atoms with van der Waals surface area (Å²) in [5.41, 5.74) is -0.319. The van der Waals surface area contributed by atoms with Crippen molar-refractivity contribution >= 4 is 22.8 Å². The second kappa shape index (κ2) is 7.47. The van der Waals surface area contributed by atoms with E-state index in [1.165, 1.54) is 6.07 Å². The minimum absolute atomic E-state index is 0.0212. The van der Waals surface area contributed by atoms with E-state index < -0.39 is 11.9 Å². The molecular weight excluding hydrogens is 345 g/mol. The van der Waals surface area contributed by atoms with Gasteiger partial charge in [-0.05, 0) is 31.4 Å². The minimum Gasteiger partial charge on any atom is -0.356 e. The number of amides is 1. The van der Waals surface area contributed by atoms with E-state index in [4.69, 9.17) is 0 Å². The zero-order valence-corrected chi connectivity index (χ0v) is 14.5. The number of anilines is 1. The smallest absolute Gasteiger partial charge is 0.356 e. The summed E-state index contributed by atoms with van der Waals surface area (Å²) in [5, 5.41) is 2.85. The van der Waals surface area contributed by atoms with Crippen molar-refractivity contribution in [2.24, 2.45) is 5.92 Å². The highest BCUT2D eigenvalue weighted by Crippen LogP contribution is 2.36. The highest BCUT2D eigenvalue weighted by molar-refractivity contribution is 5.79. The molecule has 0 unspecified atom stereocenters. The number of fused-ring (bicyclic) bond motifs is 1. The van der Waals surface area contributed by atoms with Crippen LogP contribution in [0.3, 0.4) is 0 Å². The maximum Gasteiger partial charge on any atom is 0.437 e. The van der Waals surface area contributed by atoms with Gasteiger partial charge in [0.25, 0.3) is 0 Å². The van der Waals surface area contributed by atoms with Crippen LogP contribution in [0.5, 0.6) is 0 Å². The molecule has 0 atom stereocenters. The second-order valence-corrected chi connectivity index (χ2v) is 6.43. The van der Waals surface area contributed by atoms with Crippen LogP contribution in [0.4, 0.5) is 19.0 Å². The van der Waals surface area contributed by atoms with E-state index in [-0.39, 0.29) is 23.2 Å². The average Bonchev–Trinajstić information content (AvgIpc) is 2.64. The lowest BCUT2D eigenvalue weighted by molar-refractivity contribution is -0.140. The maximum absolute atomic E-state index is 13.5. The molecule has 5 nitrogen and oxygen atoms in total. The van der Waals surface area contributed by atoms with E-state index in [0.29, 0.717) is 38.0 Å². The topological polar surface area (TPSA) is 58.1 Å². The molecule has 140 valence electrons. The Labute approximate surface area is 149 Å². The van der Waals surface area contributed by atoms with Crippen LogP contribution in [0.1, 0.15) is 31.9 Å². The average molecular weight is 366 g/mol. The zero-order chi connectivity index (χ0) is 18.7. The minimum atomic E-state index is -4.58. The van der Waals surface area contributed by atoms with Gasteiger partial charge in [0.2, 0.25) is 5.91 Å². The number of aromatic nitrogens is 2. The van der Waals surface area contributed by atoms with E-state index in [2.05, 4.69) is 15.3 Å². The van der Waals surface area contributed by atoms with E-state index >= 15 is 0 Å². The number of para-hydroxylation sites is 2. The van der Waals surface area contributed by atoms with Gasteiger partial charge in [-0.15, -0.1) is 0 Å². The predicted molar refractivity (Wildman–Crippen MR) is 92.8 cm³/mol. The molecule has 26 heavy (non-hydrogen) atoms. The first-order valence-corrected chi connectivity index (χ1v) is 8.76. The number of hydrogen-bond donors (Lipinski definition) is 1. The third-order valence-corrected chi connectivity index (χ3v) is 4.54. The fourth-order valence-electron chi connectivity index (χ4n) is 3.15. The summed E-state index contributed by atoms with van der Waals surface area (Å²) in [5.74, 6) is -0.337. The number of rotatable bonds is 4. The molecule has 1 amide bonds. The van der Waals surface area contributed by atoms with Crippen LogP contribution in [-0.4, -0.2) is 35.5 Å². The van der Waals surface area contributed by atoms with Crippen molar-refractivity contribution in [2.45, 2.75) is 32.4 Å². The highest BCUT2D eigenvalue weighted by Gasteiger charge is 2.39. The van der Waals surface area contributed by atoms with Crippen molar-refractivity contribution < 1.29 is 18.0 Å². The number of nitrogens with zero attached hydrogens (tertiary/aromatic N) is 3. The summed E-state index contributed by atoms with van der Waals surface area (Å²) >= 11 is 0. The lowest BCUT2D eigenvalue weighted by Crippen LogP contribution is -2.41. The van der Waals surface area contributed by atoms with Crippen LogP contribution in [0.25, 0.3) is 11.0 Å². The van der Waals surface area contributed by atoms with Crippen molar-refractivity contribution in [1.82, 2.24) is 15.3 Å². The van der Waals surface area contributed by atoms with Gasteiger partial charge in [-0.25, -0.2) is 9.97 Å². The van der Waals surface area contributed by atoms with Crippen molar-refractivity contribution in [3.05, 3.63) is 30.0 Å². The number of benzene rings is 1. The van der Waals surface area contributed by atoms with Crippen molar-refractivity contribution in [2.75, 3.05) is 24.5 Å². The van der Waals surface area contributed by atoms with E-state index in [9.17, 15) is 18.0 Å². The molecular formula is C18H21F3N4O. The maximum atomic E-state index is 13.5. The molecule has 8 heteroatoms. The summed E-state index contributed by atoms with van der Waals surface area (Å²) in [6, 6.07) is 6.53. The SMILES string of the molecule is CCCNC(=O)C1CCN(c2nc3ccccc3nc2C(F)(F)F)CC1. The Bertz CT molecular complexity index is 786. The number of hydrogen-bond acceptors (Lipinski definition) is 4. The molecule has 0 saturated carbocycles. The van der Waals surface area contributed by atoms with Gasteiger partial charge in [0.05, 0.1) is 11.0 Å². The molecule has 1 N–H and O–H groups in total. The Morgan fingerprint density at radius 3 is 2.38 bits per heavy atom. The molecule has 2 aromatic rings. The van der Waals surface area contributed by atoms with Gasteiger partial charge in [0.1, 0.15) is 0 Å². The Morgan fingerprint density at radius 1 is 1.19 bits per heavy atom. The standard InChI is InChI=1S/C18H21F3N4O/c1-2-9-22-17(26)12-7-10-25(11-8-12)16-15(18(19,20)21)23-13-5-3-4-6-14(13)24-16/h3-6,12H,2,7-11H2,1H3,(H,22,26). The first kappa shape index (κ1) is 18.4. The molecule has 1 aliphatic rings. The lowest BCUT2D eigenvalue weighted by atomic mass is 9.95. The van der Waals surface area contributed by atoms with E-state index in [1.54, 1.807) is 23.1 Å². The summed E-state index contributed by atoms with van der Waals surface area (Å²) in [6.45, 7) is 3.29. The Hall–Kier alpha value is -2.38. The van der Waals surface area contributed by atoms with Crippen molar-refractivity contribution in [3.63, 3.8) is 0 Å². The number of alkyl halides is 3. The number of carbonyl (C=O) groups is 1. The lowest BCUT2D eigenvalue weighted by Gasteiger charge is -2.33. The largest absolute Gasteiger partial charge is 0.437 e. The molecule has 0 radical (unpaired) electrons. The Morgan fingerprint density at radius 2 is 1.81 bits per heavy atom. The summed E-state index contributed by atoms with van der Waals surface area (Å²) < 4.78 is 40.4. The van der Waals surface area contributed by atoms with Crippen LogP contribution in [0, 0.1) is 5.92 Å². The molecule has 1 saturated heterocycles.